The highest BCUT2D eigenvalue weighted by Crippen LogP contribution is 2.09. The lowest BCUT2D eigenvalue weighted by molar-refractivity contribution is -0.132. The molecule has 6 nitrogen and oxygen atoms in total. The van der Waals surface area contributed by atoms with Crippen molar-refractivity contribution in [2.45, 2.75) is 25.8 Å². The molecule has 0 N–H and O–H groups in total. The fourth-order valence-electron chi connectivity index (χ4n) is 2.44. The Morgan fingerprint density at radius 3 is 2.74 bits per heavy atom. The highest BCUT2D eigenvalue weighted by atomic mass is 16.2. The van der Waals surface area contributed by atoms with Crippen molar-refractivity contribution in [3.05, 3.63) is 34.9 Å². The number of pyridine rings is 1. The van der Waals surface area contributed by atoms with Gasteiger partial charge in [-0.15, -0.1) is 5.10 Å². The molecule has 0 aliphatic carbocycles. The third-order valence-corrected chi connectivity index (χ3v) is 3.48. The van der Waals surface area contributed by atoms with Crippen molar-refractivity contribution in [3.63, 3.8) is 0 Å². The van der Waals surface area contributed by atoms with Crippen molar-refractivity contribution in [3.8, 4) is 0 Å². The van der Waals surface area contributed by atoms with Crippen molar-refractivity contribution >= 4 is 11.6 Å². The Bertz CT molecular complexity index is 652. The molecule has 0 bridgehead atoms. The minimum absolute atomic E-state index is 0.0230. The van der Waals surface area contributed by atoms with E-state index in [1.54, 1.807) is 18.3 Å². The van der Waals surface area contributed by atoms with E-state index in [1.807, 2.05) is 11.0 Å². The van der Waals surface area contributed by atoms with Crippen LogP contribution in [0, 0.1) is 0 Å². The topological polar surface area (TPSA) is 59.6 Å². The lowest BCUT2D eigenvalue weighted by atomic mass is 10.1. The second-order valence-electron chi connectivity index (χ2n) is 4.81. The van der Waals surface area contributed by atoms with Crippen LogP contribution in [0.2, 0.25) is 0 Å². The maximum atomic E-state index is 12.1. The lowest BCUT2D eigenvalue weighted by Crippen LogP contribution is -2.39. The second kappa shape index (κ2) is 4.87. The zero-order valence-corrected chi connectivity index (χ0v) is 10.7. The summed E-state index contributed by atoms with van der Waals surface area (Å²) in [5.41, 5.74) is 0.305. The zero-order valence-electron chi connectivity index (χ0n) is 10.7. The van der Waals surface area contributed by atoms with Gasteiger partial charge in [0.05, 0.1) is 0 Å². The molecule has 1 aliphatic rings. The molecule has 100 valence electrons. The summed E-state index contributed by atoms with van der Waals surface area (Å²) in [5, 5.41) is 4.17. The Morgan fingerprint density at radius 1 is 1.21 bits per heavy atom. The number of hydrogen-bond donors (Lipinski definition) is 0. The van der Waals surface area contributed by atoms with Crippen molar-refractivity contribution in [2.75, 3.05) is 13.1 Å². The van der Waals surface area contributed by atoms with Gasteiger partial charge in [0.1, 0.15) is 6.54 Å². The van der Waals surface area contributed by atoms with E-state index in [2.05, 4.69) is 5.10 Å². The molecular formula is C13H16N4O2. The first-order valence-corrected chi connectivity index (χ1v) is 6.58. The van der Waals surface area contributed by atoms with Gasteiger partial charge in [-0.2, -0.15) is 0 Å². The van der Waals surface area contributed by atoms with Gasteiger partial charge in [0, 0.05) is 19.3 Å². The third kappa shape index (κ3) is 2.25. The Balaban J connectivity index is 1.83. The van der Waals surface area contributed by atoms with Gasteiger partial charge >= 0.3 is 5.69 Å². The number of nitrogens with zero attached hydrogens (tertiary/aromatic N) is 4. The van der Waals surface area contributed by atoms with E-state index in [1.165, 1.54) is 15.5 Å². The van der Waals surface area contributed by atoms with Gasteiger partial charge in [0.15, 0.2) is 5.65 Å². The van der Waals surface area contributed by atoms with Crippen LogP contribution < -0.4 is 5.69 Å². The van der Waals surface area contributed by atoms with Gasteiger partial charge < -0.3 is 4.90 Å². The first-order chi connectivity index (χ1) is 9.25. The summed E-state index contributed by atoms with van der Waals surface area (Å²) < 4.78 is 2.69. The van der Waals surface area contributed by atoms with Crippen LogP contribution in [0.3, 0.4) is 0 Å². The molecule has 6 heteroatoms. The fourth-order valence-corrected chi connectivity index (χ4v) is 2.44. The Hall–Kier alpha value is -2.11. The van der Waals surface area contributed by atoms with Crippen LogP contribution in [-0.2, 0) is 11.3 Å². The molecule has 3 rings (SSSR count). The average molecular weight is 260 g/mol. The Morgan fingerprint density at radius 2 is 2.00 bits per heavy atom. The van der Waals surface area contributed by atoms with Crippen LogP contribution in [0.5, 0.6) is 0 Å². The van der Waals surface area contributed by atoms with E-state index in [4.69, 9.17) is 0 Å². The largest absolute Gasteiger partial charge is 0.350 e. The highest BCUT2D eigenvalue weighted by molar-refractivity contribution is 5.76. The quantitative estimate of drug-likeness (QED) is 0.790. The van der Waals surface area contributed by atoms with E-state index < -0.39 is 0 Å². The summed E-state index contributed by atoms with van der Waals surface area (Å²) in [6.45, 7) is 1.61. The number of amides is 1. The van der Waals surface area contributed by atoms with Crippen molar-refractivity contribution in [1.82, 2.24) is 19.1 Å². The summed E-state index contributed by atoms with van der Waals surface area (Å²) in [6, 6.07) is 5.34. The monoisotopic (exact) mass is 260 g/mol. The van der Waals surface area contributed by atoms with E-state index in [-0.39, 0.29) is 18.1 Å². The predicted octanol–water partition coefficient (Wildman–Crippen LogP) is 0.508. The van der Waals surface area contributed by atoms with Crippen LogP contribution in [0.4, 0.5) is 0 Å². The molecule has 2 aromatic heterocycles. The van der Waals surface area contributed by atoms with Crippen molar-refractivity contribution in [1.29, 1.82) is 0 Å². The minimum atomic E-state index is -0.263. The molecule has 1 aliphatic heterocycles. The van der Waals surface area contributed by atoms with E-state index in [0.717, 1.165) is 25.9 Å². The number of aromatic nitrogens is 3. The third-order valence-electron chi connectivity index (χ3n) is 3.48. The molecule has 1 amide bonds. The summed E-state index contributed by atoms with van der Waals surface area (Å²) in [7, 11) is 0. The smallest absolute Gasteiger partial charge is 0.341 e. The number of piperidine rings is 1. The van der Waals surface area contributed by atoms with Crippen LogP contribution in [0.15, 0.2) is 29.2 Å². The molecule has 3 heterocycles. The van der Waals surface area contributed by atoms with Crippen LogP contribution in [0.1, 0.15) is 19.3 Å². The molecule has 0 unspecified atom stereocenters. The van der Waals surface area contributed by atoms with Crippen LogP contribution in [-0.4, -0.2) is 38.1 Å². The van der Waals surface area contributed by atoms with Crippen molar-refractivity contribution in [2.24, 2.45) is 0 Å². The molecule has 1 saturated heterocycles. The molecule has 0 atom stereocenters. The van der Waals surface area contributed by atoms with Crippen molar-refractivity contribution < 1.29 is 4.79 Å². The number of rotatable bonds is 2. The van der Waals surface area contributed by atoms with Gasteiger partial charge in [0.25, 0.3) is 0 Å². The molecule has 0 saturated carbocycles. The molecule has 0 aromatic carbocycles. The van der Waals surface area contributed by atoms with Gasteiger partial charge in [0.2, 0.25) is 5.91 Å². The van der Waals surface area contributed by atoms with Gasteiger partial charge in [-0.25, -0.2) is 9.48 Å². The maximum absolute atomic E-state index is 12.1. The Labute approximate surface area is 110 Å². The zero-order chi connectivity index (χ0) is 13.2. The first-order valence-electron chi connectivity index (χ1n) is 6.58. The summed E-state index contributed by atoms with van der Waals surface area (Å²) >= 11 is 0. The summed E-state index contributed by atoms with van der Waals surface area (Å²) in [6.07, 6.45) is 4.93. The van der Waals surface area contributed by atoms with E-state index in [0.29, 0.717) is 5.65 Å². The second-order valence-corrected chi connectivity index (χ2v) is 4.81. The van der Waals surface area contributed by atoms with Crippen LogP contribution in [0.25, 0.3) is 5.65 Å². The molecule has 0 spiro atoms. The number of fused-ring (bicyclic) bond motifs is 1. The highest BCUT2D eigenvalue weighted by Gasteiger charge is 2.18. The van der Waals surface area contributed by atoms with Crippen LogP contribution >= 0.6 is 0 Å². The molecule has 1 fully saturated rings. The standard InChI is InChI=1S/C13H16N4O2/c18-12(15-7-3-1-4-8-15)10-17-13(19)16-9-5-2-6-11(16)14-17/h2,5-6,9H,1,3-4,7-8,10H2. The SMILES string of the molecule is O=C(Cn1nc2ccccn2c1=O)N1CCCCC1. The maximum Gasteiger partial charge on any atom is 0.350 e. The molecule has 19 heavy (non-hydrogen) atoms. The lowest BCUT2D eigenvalue weighted by Gasteiger charge is -2.26. The number of carbonyl (C=O) groups is 1. The molecule has 2 aromatic rings. The molecule has 0 radical (unpaired) electrons. The normalized spacial score (nSPS) is 15.9. The van der Waals surface area contributed by atoms with Gasteiger partial charge in [-0.05, 0) is 31.4 Å². The van der Waals surface area contributed by atoms with Gasteiger partial charge in [-0.3, -0.25) is 9.20 Å². The fraction of sp³-hybridized carbons (Fsp3) is 0.462. The number of carbonyl (C=O) groups excluding carboxylic acids is 1. The number of hydrogen-bond acceptors (Lipinski definition) is 3. The van der Waals surface area contributed by atoms with E-state index in [9.17, 15) is 9.59 Å². The number of likely N-dealkylation sites (tertiary alicyclic amines) is 1. The van der Waals surface area contributed by atoms with Gasteiger partial charge in [-0.1, -0.05) is 6.07 Å². The minimum Gasteiger partial charge on any atom is -0.341 e. The van der Waals surface area contributed by atoms with E-state index >= 15 is 0 Å². The molecular weight excluding hydrogens is 244 g/mol. The Kier molecular flexibility index (Phi) is 3.06. The summed E-state index contributed by atoms with van der Waals surface area (Å²) in [5.74, 6) is -0.0230. The first kappa shape index (κ1) is 12.0. The average Bonchev–Trinajstić information content (AvgIpc) is 2.77. The summed E-state index contributed by atoms with van der Waals surface area (Å²) in [4.78, 5) is 26.0. The predicted molar refractivity (Wildman–Crippen MR) is 69.9 cm³/mol.